The number of hydrogen-bond acceptors (Lipinski definition) is 3. The zero-order valence-corrected chi connectivity index (χ0v) is 9.66. The zero-order chi connectivity index (χ0) is 11.1. The molecule has 0 aliphatic rings. The van der Waals surface area contributed by atoms with Crippen molar-refractivity contribution in [2.75, 3.05) is 25.1 Å². The van der Waals surface area contributed by atoms with Gasteiger partial charge in [-0.2, -0.15) is 0 Å². The number of para-hydroxylation sites is 1. The minimum Gasteiger partial charge on any atom is -0.394 e. The van der Waals surface area contributed by atoms with Crippen molar-refractivity contribution in [2.24, 2.45) is 0 Å². The Morgan fingerprint density at radius 1 is 1.47 bits per heavy atom. The number of nitrogens with one attached hydrogen (secondary N) is 1. The van der Waals surface area contributed by atoms with Crippen LogP contribution in [-0.2, 0) is 9.53 Å². The third kappa shape index (κ3) is 4.42. The standard InChI is InChI=1S/C10H12BrNO3/c11-8-3-1-2-4-9(8)12-10(14)7-15-6-5-13/h1-4,13H,5-7H2,(H,12,14). The van der Waals surface area contributed by atoms with Crippen LogP contribution in [0.2, 0.25) is 0 Å². The molecule has 2 N–H and O–H groups in total. The largest absolute Gasteiger partial charge is 0.394 e. The minimum atomic E-state index is -0.240. The maximum absolute atomic E-state index is 11.3. The summed E-state index contributed by atoms with van der Waals surface area (Å²) in [7, 11) is 0. The van der Waals surface area contributed by atoms with Crippen LogP contribution in [0.25, 0.3) is 0 Å². The fourth-order valence-corrected chi connectivity index (χ4v) is 1.36. The number of benzene rings is 1. The molecule has 0 spiro atoms. The Kier molecular flexibility index (Phi) is 5.31. The summed E-state index contributed by atoms with van der Waals surface area (Å²) >= 11 is 3.31. The molecule has 0 bridgehead atoms. The van der Waals surface area contributed by atoms with Crippen molar-refractivity contribution >= 4 is 27.5 Å². The van der Waals surface area contributed by atoms with Gasteiger partial charge in [0.2, 0.25) is 5.91 Å². The fourth-order valence-electron chi connectivity index (χ4n) is 0.978. The molecular formula is C10H12BrNO3. The Hall–Kier alpha value is -0.910. The predicted molar refractivity (Wildman–Crippen MR) is 60.7 cm³/mol. The van der Waals surface area contributed by atoms with Gasteiger partial charge >= 0.3 is 0 Å². The van der Waals surface area contributed by atoms with Gasteiger partial charge in [0, 0.05) is 4.47 Å². The monoisotopic (exact) mass is 273 g/mol. The molecule has 0 aromatic heterocycles. The van der Waals surface area contributed by atoms with Gasteiger partial charge in [-0.05, 0) is 28.1 Å². The molecule has 0 atom stereocenters. The molecular weight excluding hydrogens is 262 g/mol. The summed E-state index contributed by atoms with van der Waals surface area (Å²) in [6.07, 6.45) is 0. The Labute approximate surface area is 96.4 Å². The van der Waals surface area contributed by atoms with E-state index in [-0.39, 0.29) is 25.7 Å². The van der Waals surface area contributed by atoms with E-state index in [1.54, 1.807) is 6.07 Å². The Bertz CT molecular complexity index is 330. The van der Waals surface area contributed by atoms with Crippen LogP contribution in [0.1, 0.15) is 0 Å². The van der Waals surface area contributed by atoms with Crippen LogP contribution in [0.15, 0.2) is 28.7 Å². The summed E-state index contributed by atoms with van der Waals surface area (Å²) in [4.78, 5) is 11.3. The van der Waals surface area contributed by atoms with Crippen LogP contribution in [0.3, 0.4) is 0 Å². The first-order chi connectivity index (χ1) is 7.24. The first-order valence-electron chi connectivity index (χ1n) is 4.47. The normalized spacial score (nSPS) is 10.0. The van der Waals surface area contributed by atoms with Gasteiger partial charge in [0.05, 0.1) is 18.9 Å². The summed E-state index contributed by atoms with van der Waals surface area (Å²) in [6, 6.07) is 7.31. The number of ether oxygens (including phenoxy) is 1. The summed E-state index contributed by atoms with van der Waals surface area (Å²) in [6.45, 7) is 0.0353. The number of hydrogen-bond donors (Lipinski definition) is 2. The van der Waals surface area contributed by atoms with Crippen molar-refractivity contribution in [3.05, 3.63) is 28.7 Å². The average molecular weight is 274 g/mol. The number of carbonyl (C=O) groups excluding carboxylic acids is 1. The molecule has 15 heavy (non-hydrogen) atoms. The Balaban J connectivity index is 2.41. The number of carbonyl (C=O) groups is 1. The highest BCUT2D eigenvalue weighted by Gasteiger charge is 2.04. The SMILES string of the molecule is O=C(COCCO)Nc1ccccc1Br. The van der Waals surface area contributed by atoms with E-state index in [9.17, 15) is 4.79 Å². The molecule has 0 aliphatic heterocycles. The molecule has 0 unspecified atom stereocenters. The number of halogens is 1. The van der Waals surface area contributed by atoms with Crippen molar-refractivity contribution in [3.8, 4) is 0 Å². The van der Waals surface area contributed by atoms with Crippen LogP contribution >= 0.6 is 15.9 Å². The minimum absolute atomic E-state index is 0.0537. The summed E-state index contributed by atoms with van der Waals surface area (Å²) < 4.78 is 5.70. The average Bonchev–Trinajstić information content (AvgIpc) is 2.22. The molecule has 1 aromatic carbocycles. The second kappa shape index (κ2) is 6.55. The van der Waals surface area contributed by atoms with Gasteiger partial charge in [-0.25, -0.2) is 0 Å². The van der Waals surface area contributed by atoms with E-state index in [0.29, 0.717) is 5.69 Å². The third-order valence-corrected chi connectivity index (χ3v) is 2.31. The van der Waals surface area contributed by atoms with E-state index in [1.165, 1.54) is 0 Å². The van der Waals surface area contributed by atoms with E-state index in [1.807, 2.05) is 18.2 Å². The van der Waals surface area contributed by atoms with Gasteiger partial charge < -0.3 is 15.2 Å². The molecule has 0 saturated heterocycles. The van der Waals surface area contributed by atoms with Crippen LogP contribution in [0.5, 0.6) is 0 Å². The fraction of sp³-hybridized carbons (Fsp3) is 0.300. The molecule has 1 rings (SSSR count). The second-order valence-corrected chi connectivity index (χ2v) is 3.66. The first-order valence-corrected chi connectivity index (χ1v) is 5.26. The lowest BCUT2D eigenvalue weighted by molar-refractivity contribution is -0.120. The highest BCUT2D eigenvalue weighted by molar-refractivity contribution is 9.10. The Morgan fingerprint density at radius 3 is 2.87 bits per heavy atom. The summed E-state index contributed by atoms with van der Waals surface area (Å²) in [5.74, 6) is -0.240. The number of anilines is 1. The smallest absolute Gasteiger partial charge is 0.250 e. The molecule has 82 valence electrons. The first kappa shape index (κ1) is 12.2. The highest BCUT2D eigenvalue weighted by atomic mass is 79.9. The van der Waals surface area contributed by atoms with Crippen LogP contribution < -0.4 is 5.32 Å². The van der Waals surface area contributed by atoms with Gasteiger partial charge in [0.25, 0.3) is 0 Å². The van der Waals surface area contributed by atoms with Crippen molar-refractivity contribution < 1.29 is 14.6 Å². The molecule has 1 aromatic rings. The predicted octanol–water partition coefficient (Wildman–Crippen LogP) is 1.40. The lowest BCUT2D eigenvalue weighted by atomic mass is 10.3. The van der Waals surface area contributed by atoms with E-state index >= 15 is 0 Å². The van der Waals surface area contributed by atoms with Crippen molar-refractivity contribution in [1.82, 2.24) is 0 Å². The van der Waals surface area contributed by atoms with Crippen molar-refractivity contribution in [1.29, 1.82) is 0 Å². The second-order valence-electron chi connectivity index (χ2n) is 2.80. The molecule has 0 saturated carbocycles. The molecule has 4 nitrogen and oxygen atoms in total. The molecule has 0 aliphatic carbocycles. The van der Waals surface area contributed by atoms with Crippen molar-refractivity contribution in [2.45, 2.75) is 0 Å². The molecule has 0 radical (unpaired) electrons. The molecule has 0 fully saturated rings. The van der Waals surface area contributed by atoms with Gasteiger partial charge in [0.15, 0.2) is 0 Å². The maximum atomic E-state index is 11.3. The number of aliphatic hydroxyl groups excluding tert-OH is 1. The van der Waals surface area contributed by atoms with E-state index < -0.39 is 0 Å². The van der Waals surface area contributed by atoms with Gasteiger partial charge in [0.1, 0.15) is 6.61 Å². The molecule has 5 heteroatoms. The van der Waals surface area contributed by atoms with Crippen LogP contribution in [-0.4, -0.2) is 30.8 Å². The third-order valence-electron chi connectivity index (χ3n) is 1.62. The summed E-state index contributed by atoms with van der Waals surface area (Å²) in [5, 5.41) is 11.1. The molecule has 0 heterocycles. The van der Waals surface area contributed by atoms with E-state index in [0.717, 1.165) is 4.47 Å². The van der Waals surface area contributed by atoms with Crippen molar-refractivity contribution in [3.63, 3.8) is 0 Å². The zero-order valence-electron chi connectivity index (χ0n) is 8.07. The lowest BCUT2D eigenvalue weighted by Crippen LogP contribution is -2.19. The van der Waals surface area contributed by atoms with Gasteiger partial charge in [-0.1, -0.05) is 12.1 Å². The maximum Gasteiger partial charge on any atom is 0.250 e. The summed E-state index contributed by atoms with van der Waals surface area (Å²) in [5.41, 5.74) is 0.704. The number of rotatable bonds is 5. The quantitative estimate of drug-likeness (QED) is 0.798. The lowest BCUT2D eigenvalue weighted by Gasteiger charge is -2.06. The number of amides is 1. The number of aliphatic hydroxyl groups is 1. The van der Waals surface area contributed by atoms with Gasteiger partial charge in [-0.15, -0.1) is 0 Å². The van der Waals surface area contributed by atoms with E-state index in [4.69, 9.17) is 9.84 Å². The Morgan fingerprint density at radius 2 is 2.20 bits per heavy atom. The van der Waals surface area contributed by atoms with Crippen LogP contribution in [0, 0.1) is 0 Å². The van der Waals surface area contributed by atoms with Gasteiger partial charge in [-0.3, -0.25) is 4.79 Å². The highest BCUT2D eigenvalue weighted by Crippen LogP contribution is 2.20. The van der Waals surface area contributed by atoms with E-state index in [2.05, 4.69) is 21.2 Å². The topological polar surface area (TPSA) is 58.6 Å². The van der Waals surface area contributed by atoms with Crippen LogP contribution in [0.4, 0.5) is 5.69 Å². The molecule has 1 amide bonds.